The van der Waals surface area contributed by atoms with E-state index in [4.69, 9.17) is 22.1 Å². The quantitative estimate of drug-likeness (QED) is 0.673. The molecular weight excluding hydrogens is 181 g/mol. The third-order valence-corrected chi connectivity index (χ3v) is 2.16. The van der Waals surface area contributed by atoms with Crippen molar-refractivity contribution in [1.82, 2.24) is 0 Å². The smallest absolute Gasteiger partial charge is 0.145 e. The Hall–Kier alpha value is -0.800. The maximum absolute atomic E-state index is 12.8. The van der Waals surface area contributed by atoms with Crippen LogP contribution in [0.1, 0.15) is 11.6 Å². The first kappa shape index (κ1) is 7.83. The normalized spacial score (nSPS) is 20.4. The molecule has 0 spiro atoms. The minimum atomic E-state index is -0.468. The highest BCUT2D eigenvalue weighted by Gasteiger charge is 2.22. The molecule has 1 aromatic carbocycles. The summed E-state index contributed by atoms with van der Waals surface area (Å²) in [7, 11) is 0. The van der Waals surface area contributed by atoms with Crippen LogP contribution in [0.3, 0.4) is 0 Å². The zero-order chi connectivity index (χ0) is 8.72. The Morgan fingerprint density at radius 3 is 3.08 bits per heavy atom. The molecule has 12 heavy (non-hydrogen) atoms. The third kappa shape index (κ3) is 1.06. The topological polar surface area (TPSA) is 35.2 Å². The second kappa shape index (κ2) is 2.61. The van der Waals surface area contributed by atoms with Crippen LogP contribution in [0.15, 0.2) is 12.1 Å². The van der Waals surface area contributed by atoms with Gasteiger partial charge in [-0.15, -0.1) is 0 Å². The zero-order valence-electron chi connectivity index (χ0n) is 6.18. The highest BCUT2D eigenvalue weighted by Crippen LogP contribution is 2.34. The summed E-state index contributed by atoms with van der Waals surface area (Å²) in [5, 5.41) is 0.0923. The molecule has 0 amide bonds. The van der Waals surface area contributed by atoms with Gasteiger partial charge in [0.25, 0.3) is 0 Å². The van der Waals surface area contributed by atoms with Crippen molar-refractivity contribution in [2.24, 2.45) is 5.73 Å². The minimum absolute atomic E-state index is 0.0923. The largest absolute Gasteiger partial charge is 0.491 e. The van der Waals surface area contributed by atoms with Crippen LogP contribution >= 0.6 is 11.6 Å². The molecule has 0 aliphatic carbocycles. The molecule has 1 atom stereocenters. The van der Waals surface area contributed by atoms with E-state index in [2.05, 4.69) is 0 Å². The van der Waals surface area contributed by atoms with E-state index in [9.17, 15) is 4.39 Å². The highest BCUT2D eigenvalue weighted by molar-refractivity contribution is 6.30. The van der Waals surface area contributed by atoms with Crippen molar-refractivity contribution in [3.05, 3.63) is 28.5 Å². The van der Waals surface area contributed by atoms with E-state index in [0.717, 1.165) is 5.56 Å². The molecule has 2 nitrogen and oxygen atoms in total. The standard InChI is InChI=1S/C8H7ClFNO/c9-5-1-4-7(11)3-12-8(4)2-6(5)10/h1-2,7H,3,11H2. The second-order valence-corrected chi connectivity index (χ2v) is 3.13. The van der Waals surface area contributed by atoms with Gasteiger partial charge in [-0.25, -0.2) is 4.39 Å². The third-order valence-electron chi connectivity index (χ3n) is 1.87. The van der Waals surface area contributed by atoms with Gasteiger partial charge < -0.3 is 10.5 Å². The Morgan fingerprint density at radius 1 is 1.58 bits per heavy atom. The number of rotatable bonds is 0. The molecule has 0 fully saturated rings. The van der Waals surface area contributed by atoms with Crippen LogP contribution in [-0.4, -0.2) is 6.61 Å². The Labute approximate surface area is 74.1 Å². The Kier molecular flexibility index (Phi) is 1.70. The van der Waals surface area contributed by atoms with E-state index in [1.54, 1.807) is 0 Å². The molecule has 1 aromatic rings. The Bertz CT molecular complexity index is 329. The van der Waals surface area contributed by atoms with Gasteiger partial charge in [0.2, 0.25) is 0 Å². The van der Waals surface area contributed by atoms with Crippen LogP contribution in [0.25, 0.3) is 0 Å². The molecule has 2 rings (SSSR count). The molecular formula is C8H7ClFNO. The predicted molar refractivity (Wildman–Crippen MR) is 43.8 cm³/mol. The van der Waals surface area contributed by atoms with E-state index >= 15 is 0 Å². The molecule has 1 unspecified atom stereocenters. The van der Waals surface area contributed by atoms with Crippen molar-refractivity contribution >= 4 is 11.6 Å². The number of nitrogens with two attached hydrogens (primary N) is 1. The van der Waals surface area contributed by atoms with E-state index < -0.39 is 5.82 Å². The van der Waals surface area contributed by atoms with E-state index in [1.165, 1.54) is 12.1 Å². The summed E-state index contributed by atoms with van der Waals surface area (Å²) in [5.74, 6) is 0.0360. The van der Waals surface area contributed by atoms with Crippen molar-refractivity contribution < 1.29 is 9.13 Å². The fourth-order valence-corrected chi connectivity index (χ4v) is 1.40. The predicted octanol–water partition coefficient (Wildman–Crippen LogP) is 1.87. The van der Waals surface area contributed by atoms with Crippen molar-refractivity contribution in [3.8, 4) is 5.75 Å². The lowest BCUT2D eigenvalue weighted by atomic mass is 10.1. The van der Waals surface area contributed by atoms with Crippen LogP contribution in [0.4, 0.5) is 4.39 Å². The van der Waals surface area contributed by atoms with E-state index in [-0.39, 0.29) is 11.1 Å². The number of hydrogen-bond acceptors (Lipinski definition) is 2. The Balaban J connectivity index is 2.56. The molecule has 64 valence electrons. The number of ether oxygens (including phenoxy) is 1. The van der Waals surface area contributed by atoms with Crippen LogP contribution in [0.5, 0.6) is 5.75 Å². The summed E-state index contributed by atoms with van der Waals surface area (Å²) in [6, 6.07) is 2.60. The molecule has 0 saturated heterocycles. The summed E-state index contributed by atoms with van der Waals surface area (Å²) < 4.78 is 18.0. The maximum Gasteiger partial charge on any atom is 0.145 e. The molecule has 4 heteroatoms. The van der Waals surface area contributed by atoms with Crippen LogP contribution in [-0.2, 0) is 0 Å². The maximum atomic E-state index is 12.8. The first-order valence-electron chi connectivity index (χ1n) is 3.56. The lowest BCUT2D eigenvalue weighted by Gasteiger charge is -2.01. The number of halogens is 2. The molecule has 0 aromatic heterocycles. The van der Waals surface area contributed by atoms with E-state index in [0.29, 0.717) is 12.4 Å². The molecule has 1 aliphatic heterocycles. The lowest BCUT2D eigenvalue weighted by Crippen LogP contribution is -2.10. The number of benzene rings is 1. The van der Waals surface area contributed by atoms with Crippen molar-refractivity contribution in [2.75, 3.05) is 6.61 Å². The molecule has 1 heterocycles. The van der Waals surface area contributed by atoms with Crippen LogP contribution in [0.2, 0.25) is 5.02 Å². The molecule has 2 N–H and O–H groups in total. The van der Waals surface area contributed by atoms with Gasteiger partial charge >= 0.3 is 0 Å². The van der Waals surface area contributed by atoms with Crippen LogP contribution in [0, 0.1) is 5.82 Å². The summed E-state index contributed by atoms with van der Waals surface area (Å²) >= 11 is 5.57. The van der Waals surface area contributed by atoms with E-state index in [1.807, 2.05) is 0 Å². The molecule has 0 saturated carbocycles. The van der Waals surface area contributed by atoms with Gasteiger partial charge in [0, 0.05) is 11.6 Å². The van der Waals surface area contributed by atoms with Crippen molar-refractivity contribution in [2.45, 2.75) is 6.04 Å². The van der Waals surface area contributed by atoms with Gasteiger partial charge in [-0.2, -0.15) is 0 Å². The molecule has 1 aliphatic rings. The van der Waals surface area contributed by atoms with Gasteiger partial charge in [-0.1, -0.05) is 11.6 Å². The number of hydrogen-bond donors (Lipinski definition) is 1. The fraction of sp³-hybridized carbons (Fsp3) is 0.250. The average molecular weight is 188 g/mol. The average Bonchev–Trinajstić information content (AvgIpc) is 2.35. The summed E-state index contributed by atoms with van der Waals surface area (Å²) in [6.45, 7) is 0.398. The first-order chi connectivity index (χ1) is 5.68. The number of fused-ring (bicyclic) bond motifs is 1. The van der Waals surface area contributed by atoms with Gasteiger partial charge in [-0.05, 0) is 6.07 Å². The summed E-state index contributed by atoms with van der Waals surface area (Å²) in [4.78, 5) is 0. The Morgan fingerprint density at radius 2 is 2.33 bits per heavy atom. The molecule has 0 bridgehead atoms. The van der Waals surface area contributed by atoms with Crippen molar-refractivity contribution in [1.29, 1.82) is 0 Å². The fourth-order valence-electron chi connectivity index (χ4n) is 1.23. The minimum Gasteiger partial charge on any atom is -0.491 e. The van der Waals surface area contributed by atoms with Gasteiger partial charge in [0.1, 0.15) is 18.2 Å². The van der Waals surface area contributed by atoms with Gasteiger partial charge in [-0.3, -0.25) is 0 Å². The zero-order valence-corrected chi connectivity index (χ0v) is 6.94. The highest BCUT2D eigenvalue weighted by atomic mass is 35.5. The SMILES string of the molecule is NC1COc2cc(F)c(Cl)cc21. The summed E-state index contributed by atoms with van der Waals surface area (Å²) in [5.41, 5.74) is 6.44. The molecule has 0 radical (unpaired) electrons. The van der Waals surface area contributed by atoms with Crippen molar-refractivity contribution in [3.63, 3.8) is 0 Å². The van der Waals surface area contributed by atoms with Gasteiger partial charge in [0.15, 0.2) is 0 Å². The van der Waals surface area contributed by atoms with Gasteiger partial charge in [0.05, 0.1) is 11.1 Å². The second-order valence-electron chi connectivity index (χ2n) is 2.72. The monoisotopic (exact) mass is 187 g/mol. The summed E-state index contributed by atoms with van der Waals surface area (Å²) in [6.07, 6.45) is 0. The van der Waals surface area contributed by atoms with Crippen LogP contribution < -0.4 is 10.5 Å². The lowest BCUT2D eigenvalue weighted by molar-refractivity contribution is 0.332. The first-order valence-corrected chi connectivity index (χ1v) is 3.93.